The Bertz CT molecular complexity index is 442. The fourth-order valence-electron chi connectivity index (χ4n) is 1.43. The molecule has 2 heteroatoms. The van der Waals surface area contributed by atoms with Gasteiger partial charge in [-0.3, -0.25) is 0 Å². The first-order chi connectivity index (χ1) is 6.31. The van der Waals surface area contributed by atoms with Crippen molar-refractivity contribution in [3.8, 4) is 0 Å². The number of aryl methyl sites for hydroxylation is 1. The van der Waals surface area contributed by atoms with Gasteiger partial charge in [0, 0.05) is 11.1 Å². The minimum Gasteiger partial charge on any atom is -0.303 e. The Morgan fingerprint density at radius 2 is 2.31 bits per heavy atom. The van der Waals surface area contributed by atoms with Gasteiger partial charge in [-0.2, -0.15) is 0 Å². The van der Waals surface area contributed by atoms with Crippen LogP contribution in [0.15, 0.2) is 23.6 Å². The van der Waals surface area contributed by atoms with E-state index >= 15 is 0 Å². The SMILES string of the molecule is Cc1csc2cc(CC=O)ccc12. The number of rotatable bonds is 2. The number of carbonyl (C=O) groups is 1. The van der Waals surface area contributed by atoms with Crippen molar-refractivity contribution >= 4 is 27.7 Å². The molecule has 0 bridgehead atoms. The molecule has 0 N–H and O–H groups in total. The van der Waals surface area contributed by atoms with Crippen molar-refractivity contribution in [2.75, 3.05) is 0 Å². The molecule has 0 amide bonds. The van der Waals surface area contributed by atoms with Gasteiger partial charge in [-0.25, -0.2) is 0 Å². The molecular weight excluding hydrogens is 180 g/mol. The molecule has 1 aromatic heterocycles. The summed E-state index contributed by atoms with van der Waals surface area (Å²) < 4.78 is 1.27. The standard InChI is InChI=1S/C11H10OS/c1-8-7-13-11-6-9(4-5-12)2-3-10(8)11/h2-3,5-7H,4H2,1H3. The number of fused-ring (bicyclic) bond motifs is 1. The molecule has 0 saturated carbocycles. The Labute approximate surface area is 81.0 Å². The normalized spacial score (nSPS) is 10.5. The molecule has 2 rings (SSSR count). The van der Waals surface area contributed by atoms with Crippen molar-refractivity contribution in [1.82, 2.24) is 0 Å². The maximum Gasteiger partial charge on any atom is 0.124 e. The largest absolute Gasteiger partial charge is 0.303 e. The second-order valence-electron chi connectivity index (χ2n) is 3.12. The van der Waals surface area contributed by atoms with Crippen molar-refractivity contribution in [2.45, 2.75) is 13.3 Å². The molecule has 0 atom stereocenters. The Kier molecular flexibility index (Phi) is 2.15. The summed E-state index contributed by atoms with van der Waals surface area (Å²) in [6.45, 7) is 2.11. The highest BCUT2D eigenvalue weighted by molar-refractivity contribution is 7.17. The van der Waals surface area contributed by atoms with Crippen LogP contribution in [0.3, 0.4) is 0 Å². The first-order valence-electron chi connectivity index (χ1n) is 4.21. The van der Waals surface area contributed by atoms with E-state index in [-0.39, 0.29) is 0 Å². The lowest BCUT2D eigenvalue weighted by Gasteiger charge is -1.95. The first kappa shape index (κ1) is 8.45. The van der Waals surface area contributed by atoms with Gasteiger partial charge >= 0.3 is 0 Å². The Morgan fingerprint density at radius 1 is 1.46 bits per heavy atom. The van der Waals surface area contributed by atoms with E-state index in [0.717, 1.165) is 11.8 Å². The summed E-state index contributed by atoms with van der Waals surface area (Å²) in [6, 6.07) is 6.22. The fourth-order valence-corrected chi connectivity index (χ4v) is 2.43. The second-order valence-corrected chi connectivity index (χ2v) is 4.03. The van der Waals surface area contributed by atoms with Crippen LogP contribution in [0.4, 0.5) is 0 Å². The van der Waals surface area contributed by atoms with Gasteiger partial charge in [0.2, 0.25) is 0 Å². The van der Waals surface area contributed by atoms with E-state index in [1.165, 1.54) is 15.6 Å². The van der Waals surface area contributed by atoms with E-state index in [0.29, 0.717) is 6.42 Å². The highest BCUT2D eigenvalue weighted by Gasteiger charge is 2.00. The van der Waals surface area contributed by atoms with Gasteiger partial charge in [-0.15, -0.1) is 11.3 Å². The summed E-state index contributed by atoms with van der Waals surface area (Å²) in [5.74, 6) is 0. The average Bonchev–Trinajstić information content (AvgIpc) is 2.48. The van der Waals surface area contributed by atoms with Crippen molar-refractivity contribution in [3.63, 3.8) is 0 Å². The van der Waals surface area contributed by atoms with E-state index in [9.17, 15) is 4.79 Å². The summed E-state index contributed by atoms with van der Waals surface area (Å²) in [5, 5.41) is 3.45. The van der Waals surface area contributed by atoms with Crippen LogP contribution in [0.1, 0.15) is 11.1 Å². The maximum atomic E-state index is 10.3. The number of aldehydes is 1. The third-order valence-electron chi connectivity index (χ3n) is 2.15. The van der Waals surface area contributed by atoms with Crippen LogP contribution < -0.4 is 0 Å². The van der Waals surface area contributed by atoms with Gasteiger partial charge in [0.1, 0.15) is 6.29 Å². The zero-order chi connectivity index (χ0) is 9.26. The van der Waals surface area contributed by atoms with Crippen molar-refractivity contribution in [1.29, 1.82) is 0 Å². The second kappa shape index (κ2) is 3.30. The minimum absolute atomic E-state index is 0.521. The van der Waals surface area contributed by atoms with Crippen LogP contribution in [0, 0.1) is 6.92 Å². The molecule has 13 heavy (non-hydrogen) atoms. The van der Waals surface area contributed by atoms with Gasteiger partial charge in [-0.1, -0.05) is 12.1 Å². The number of hydrogen-bond acceptors (Lipinski definition) is 2. The van der Waals surface area contributed by atoms with Crippen LogP contribution in [-0.2, 0) is 11.2 Å². The number of carbonyl (C=O) groups excluding carboxylic acids is 1. The molecule has 0 spiro atoms. The molecule has 1 heterocycles. The topological polar surface area (TPSA) is 17.1 Å². The third-order valence-corrected chi connectivity index (χ3v) is 3.22. The highest BCUT2D eigenvalue weighted by atomic mass is 32.1. The smallest absolute Gasteiger partial charge is 0.124 e. The highest BCUT2D eigenvalue weighted by Crippen LogP contribution is 2.26. The lowest BCUT2D eigenvalue weighted by Crippen LogP contribution is -1.83. The number of thiophene rings is 1. The van der Waals surface area contributed by atoms with Gasteiger partial charge in [0.15, 0.2) is 0 Å². The van der Waals surface area contributed by atoms with Crippen LogP contribution >= 0.6 is 11.3 Å². The minimum atomic E-state index is 0.521. The zero-order valence-corrected chi connectivity index (χ0v) is 8.23. The van der Waals surface area contributed by atoms with Crippen LogP contribution in [0.2, 0.25) is 0 Å². The van der Waals surface area contributed by atoms with Crippen molar-refractivity contribution in [2.24, 2.45) is 0 Å². The summed E-state index contributed by atoms with van der Waals surface area (Å²) in [4.78, 5) is 10.3. The Hall–Kier alpha value is -1.15. The predicted molar refractivity (Wildman–Crippen MR) is 56.3 cm³/mol. The van der Waals surface area contributed by atoms with Crippen molar-refractivity contribution in [3.05, 3.63) is 34.7 Å². The monoisotopic (exact) mass is 190 g/mol. The fraction of sp³-hybridized carbons (Fsp3) is 0.182. The van der Waals surface area contributed by atoms with Crippen LogP contribution in [0.25, 0.3) is 10.1 Å². The molecule has 0 radical (unpaired) electrons. The third kappa shape index (κ3) is 1.49. The quantitative estimate of drug-likeness (QED) is 0.665. The van der Waals surface area contributed by atoms with E-state index in [4.69, 9.17) is 0 Å². The summed E-state index contributed by atoms with van der Waals surface area (Å²) in [7, 11) is 0. The van der Waals surface area contributed by atoms with Gasteiger partial charge in [0.25, 0.3) is 0 Å². The predicted octanol–water partition coefficient (Wildman–Crippen LogP) is 2.95. The van der Waals surface area contributed by atoms with Crippen LogP contribution in [0.5, 0.6) is 0 Å². The van der Waals surface area contributed by atoms with E-state index in [1.807, 2.05) is 6.07 Å². The molecule has 66 valence electrons. The van der Waals surface area contributed by atoms with Gasteiger partial charge < -0.3 is 4.79 Å². The van der Waals surface area contributed by atoms with Gasteiger partial charge in [-0.05, 0) is 34.9 Å². The van der Waals surface area contributed by atoms with Gasteiger partial charge in [0.05, 0.1) is 0 Å². The molecule has 0 aliphatic rings. The van der Waals surface area contributed by atoms with E-state index in [2.05, 4.69) is 24.4 Å². The molecular formula is C11H10OS. The summed E-state index contributed by atoms with van der Waals surface area (Å²) in [5.41, 5.74) is 2.42. The number of hydrogen-bond donors (Lipinski definition) is 0. The van der Waals surface area contributed by atoms with E-state index < -0.39 is 0 Å². The van der Waals surface area contributed by atoms with E-state index in [1.54, 1.807) is 11.3 Å². The lowest BCUT2D eigenvalue weighted by atomic mass is 10.1. The molecule has 0 fully saturated rings. The van der Waals surface area contributed by atoms with Crippen LogP contribution in [-0.4, -0.2) is 6.29 Å². The first-order valence-corrected chi connectivity index (χ1v) is 5.09. The molecule has 0 unspecified atom stereocenters. The molecule has 0 aliphatic carbocycles. The molecule has 2 aromatic rings. The molecule has 1 aromatic carbocycles. The molecule has 0 saturated heterocycles. The Balaban J connectivity index is 2.56. The molecule has 0 aliphatic heterocycles. The summed E-state index contributed by atoms with van der Waals surface area (Å²) in [6.07, 6.45) is 1.47. The average molecular weight is 190 g/mol. The zero-order valence-electron chi connectivity index (χ0n) is 7.41. The molecule has 1 nitrogen and oxygen atoms in total. The lowest BCUT2D eigenvalue weighted by molar-refractivity contribution is -0.107. The van der Waals surface area contributed by atoms with Crippen molar-refractivity contribution < 1.29 is 4.79 Å². The Morgan fingerprint density at radius 3 is 3.08 bits per heavy atom. The summed E-state index contributed by atoms with van der Waals surface area (Å²) >= 11 is 1.74. The maximum absolute atomic E-state index is 10.3. The number of benzene rings is 1.